The first-order valence-electron chi connectivity index (χ1n) is 8.03. The number of primary sulfonamides is 1. The average molecular weight is 419 g/mol. The molecule has 0 aliphatic carbocycles. The zero-order valence-corrected chi connectivity index (χ0v) is 15.9. The Morgan fingerprint density at radius 1 is 1.25 bits per heavy atom. The van der Waals surface area contributed by atoms with Gasteiger partial charge in [-0.2, -0.15) is 10.4 Å². The van der Waals surface area contributed by atoms with Crippen LogP contribution in [-0.2, 0) is 20.2 Å². The monoisotopic (exact) mass is 418 g/mol. The van der Waals surface area contributed by atoms with Crippen molar-refractivity contribution >= 4 is 33.3 Å². The minimum atomic E-state index is -3.88. The Labute approximate surface area is 166 Å². The van der Waals surface area contributed by atoms with Crippen LogP contribution in [0.3, 0.4) is 0 Å². The predicted octanol–water partition coefficient (Wildman–Crippen LogP) is 1.60. The van der Waals surface area contributed by atoms with Crippen molar-refractivity contribution in [1.82, 2.24) is 5.43 Å². The SMILES string of the molecule is N#CCC1(c2ccc(Cl)cc2)C(c2ccc(S(N)(=O)=O)cc2)=NNC1C(=O)O. The lowest BCUT2D eigenvalue weighted by molar-refractivity contribution is -0.140. The van der Waals surface area contributed by atoms with Crippen molar-refractivity contribution in [2.24, 2.45) is 10.2 Å². The topological polar surface area (TPSA) is 146 Å². The molecule has 2 aromatic carbocycles. The molecule has 8 nitrogen and oxygen atoms in total. The summed E-state index contributed by atoms with van der Waals surface area (Å²) < 4.78 is 23.0. The average Bonchev–Trinajstić information content (AvgIpc) is 3.02. The molecule has 0 spiro atoms. The summed E-state index contributed by atoms with van der Waals surface area (Å²) in [6, 6.07) is 12.9. The maximum atomic E-state index is 11.9. The smallest absolute Gasteiger partial charge is 0.329 e. The highest BCUT2D eigenvalue weighted by Crippen LogP contribution is 2.40. The molecule has 2 atom stereocenters. The third kappa shape index (κ3) is 3.33. The maximum Gasteiger partial charge on any atom is 0.329 e. The summed E-state index contributed by atoms with van der Waals surface area (Å²) in [4.78, 5) is 11.8. The highest BCUT2D eigenvalue weighted by molar-refractivity contribution is 7.89. The first kappa shape index (κ1) is 19.8. The number of halogens is 1. The number of carboxylic acids is 1. The van der Waals surface area contributed by atoms with Crippen LogP contribution in [0.5, 0.6) is 0 Å². The number of sulfonamides is 1. The third-order valence-corrected chi connectivity index (χ3v) is 5.82. The van der Waals surface area contributed by atoms with Gasteiger partial charge in [-0.15, -0.1) is 0 Å². The predicted molar refractivity (Wildman–Crippen MR) is 102 cm³/mol. The van der Waals surface area contributed by atoms with E-state index in [1.165, 1.54) is 24.3 Å². The van der Waals surface area contributed by atoms with E-state index in [0.29, 0.717) is 21.9 Å². The highest BCUT2D eigenvalue weighted by atomic mass is 35.5. The zero-order valence-electron chi connectivity index (χ0n) is 14.3. The van der Waals surface area contributed by atoms with Crippen molar-refractivity contribution in [2.45, 2.75) is 22.8 Å². The summed E-state index contributed by atoms with van der Waals surface area (Å²) in [5, 5.41) is 29.0. The van der Waals surface area contributed by atoms with Crippen molar-refractivity contribution in [2.75, 3.05) is 0 Å². The lowest BCUT2D eigenvalue weighted by Crippen LogP contribution is -2.51. The van der Waals surface area contributed by atoms with Gasteiger partial charge in [-0.1, -0.05) is 35.9 Å². The summed E-state index contributed by atoms with van der Waals surface area (Å²) in [5.74, 6) is -1.18. The molecule has 1 aliphatic heterocycles. The lowest BCUT2D eigenvalue weighted by Gasteiger charge is -2.32. The van der Waals surface area contributed by atoms with Gasteiger partial charge in [-0.3, -0.25) is 5.43 Å². The van der Waals surface area contributed by atoms with Gasteiger partial charge in [0.15, 0.2) is 6.04 Å². The summed E-state index contributed by atoms with van der Waals surface area (Å²) in [6.07, 6.45) is -0.172. The van der Waals surface area contributed by atoms with Gasteiger partial charge in [-0.05, 0) is 35.4 Å². The second kappa shape index (κ2) is 7.24. The van der Waals surface area contributed by atoms with E-state index in [1.54, 1.807) is 24.3 Å². The molecule has 0 radical (unpaired) electrons. The Morgan fingerprint density at radius 2 is 1.86 bits per heavy atom. The van der Waals surface area contributed by atoms with Crippen LogP contribution < -0.4 is 10.6 Å². The van der Waals surface area contributed by atoms with Gasteiger partial charge in [-0.25, -0.2) is 18.4 Å². The standard InChI is InChI=1S/C18H15ClN4O4S/c19-13-5-3-12(4-6-13)18(9-10-20)15(22-23-16(18)17(24)25)11-1-7-14(8-2-11)28(21,26)27/h1-8,16,23H,9H2,(H,24,25)(H2,21,26,27). The molecule has 2 aromatic rings. The molecule has 0 fully saturated rings. The quantitative estimate of drug-likeness (QED) is 0.672. The van der Waals surface area contributed by atoms with Crippen LogP contribution in [0.1, 0.15) is 17.5 Å². The number of hydrazone groups is 1. The highest BCUT2D eigenvalue weighted by Gasteiger charge is 2.53. The van der Waals surface area contributed by atoms with E-state index in [-0.39, 0.29) is 11.3 Å². The molecule has 0 bridgehead atoms. The molecule has 144 valence electrons. The van der Waals surface area contributed by atoms with E-state index in [1.807, 2.05) is 0 Å². The van der Waals surface area contributed by atoms with E-state index in [4.69, 9.17) is 16.7 Å². The van der Waals surface area contributed by atoms with Crippen LogP contribution in [0, 0.1) is 11.3 Å². The third-order valence-electron chi connectivity index (χ3n) is 4.64. The lowest BCUT2D eigenvalue weighted by atomic mass is 9.67. The molecule has 10 heteroatoms. The normalized spacial score (nSPS) is 21.5. The van der Waals surface area contributed by atoms with Gasteiger partial charge in [0.2, 0.25) is 10.0 Å². The number of benzene rings is 2. The van der Waals surface area contributed by atoms with E-state index in [9.17, 15) is 23.6 Å². The van der Waals surface area contributed by atoms with Crippen molar-refractivity contribution < 1.29 is 18.3 Å². The number of carboxylic acid groups (broad SMARTS) is 1. The molecule has 0 saturated heterocycles. The van der Waals surface area contributed by atoms with Crippen LogP contribution in [0.25, 0.3) is 0 Å². The largest absolute Gasteiger partial charge is 0.480 e. The van der Waals surface area contributed by atoms with Crippen molar-refractivity contribution in [3.05, 3.63) is 64.7 Å². The first-order chi connectivity index (χ1) is 13.2. The van der Waals surface area contributed by atoms with Gasteiger partial charge >= 0.3 is 5.97 Å². The van der Waals surface area contributed by atoms with Gasteiger partial charge in [0.05, 0.1) is 28.5 Å². The second-order valence-corrected chi connectivity index (χ2v) is 8.24. The van der Waals surface area contributed by atoms with Crippen LogP contribution in [0.4, 0.5) is 0 Å². The zero-order chi connectivity index (χ0) is 20.5. The van der Waals surface area contributed by atoms with Crippen molar-refractivity contribution in [3.8, 4) is 6.07 Å². The fourth-order valence-corrected chi connectivity index (χ4v) is 3.97. The van der Waals surface area contributed by atoms with E-state index < -0.39 is 27.4 Å². The van der Waals surface area contributed by atoms with Gasteiger partial charge in [0.1, 0.15) is 0 Å². The van der Waals surface area contributed by atoms with E-state index in [2.05, 4.69) is 16.6 Å². The van der Waals surface area contributed by atoms with Crippen molar-refractivity contribution in [3.63, 3.8) is 0 Å². The Hall–Kier alpha value is -2.93. The number of hydrogen-bond acceptors (Lipinski definition) is 6. The molecule has 0 saturated carbocycles. The minimum Gasteiger partial charge on any atom is -0.480 e. The number of nitriles is 1. The van der Waals surface area contributed by atoms with Crippen LogP contribution in [-0.4, -0.2) is 31.2 Å². The molecular formula is C18H15ClN4O4S. The first-order valence-corrected chi connectivity index (χ1v) is 9.95. The molecule has 28 heavy (non-hydrogen) atoms. The fourth-order valence-electron chi connectivity index (χ4n) is 3.33. The molecule has 0 amide bonds. The molecule has 4 N–H and O–H groups in total. The Kier molecular flexibility index (Phi) is 5.12. The summed E-state index contributed by atoms with van der Waals surface area (Å²) in [5.41, 5.74) is 2.63. The number of aliphatic carboxylic acids is 1. The number of carbonyl (C=O) groups is 1. The number of nitrogens with two attached hydrogens (primary N) is 1. The molecule has 1 aliphatic rings. The second-order valence-electron chi connectivity index (χ2n) is 6.24. The van der Waals surface area contributed by atoms with E-state index >= 15 is 0 Å². The van der Waals surface area contributed by atoms with Crippen LogP contribution >= 0.6 is 11.6 Å². The fraction of sp³-hybridized carbons (Fsp3) is 0.167. The molecule has 0 aromatic heterocycles. The Balaban J connectivity index is 2.19. The van der Waals surface area contributed by atoms with Crippen LogP contribution in [0.15, 0.2) is 58.5 Å². The van der Waals surface area contributed by atoms with Gasteiger partial charge < -0.3 is 5.11 Å². The minimum absolute atomic E-state index is 0.0880. The number of nitrogens with zero attached hydrogens (tertiary/aromatic N) is 2. The molecular weight excluding hydrogens is 404 g/mol. The van der Waals surface area contributed by atoms with Crippen LogP contribution in [0.2, 0.25) is 5.02 Å². The summed E-state index contributed by atoms with van der Waals surface area (Å²) >= 11 is 5.96. The van der Waals surface area contributed by atoms with Gasteiger partial charge in [0.25, 0.3) is 0 Å². The Morgan fingerprint density at radius 3 is 2.36 bits per heavy atom. The maximum absolute atomic E-state index is 11.9. The summed E-state index contributed by atoms with van der Waals surface area (Å²) in [6.45, 7) is 0. The van der Waals surface area contributed by atoms with E-state index in [0.717, 1.165) is 0 Å². The Bertz CT molecular complexity index is 1090. The van der Waals surface area contributed by atoms with Crippen molar-refractivity contribution in [1.29, 1.82) is 5.26 Å². The summed E-state index contributed by atoms with van der Waals surface area (Å²) in [7, 11) is -3.88. The number of rotatable bonds is 5. The molecule has 2 unspecified atom stereocenters. The number of hydrogen-bond donors (Lipinski definition) is 3. The molecule has 1 heterocycles. The number of nitrogens with one attached hydrogen (secondary N) is 1. The molecule has 3 rings (SSSR count). The van der Waals surface area contributed by atoms with Gasteiger partial charge in [0, 0.05) is 5.02 Å².